The highest BCUT2D eigenvalue weighted by atomic mass is 16.5. The molecule has 0 aliphatic carbocycles. The fraction of sp³-hybridized carbons (Fsp3) is 0.185. The minimum absolute atomic E-state index is 0.0468. The molecule has 164 valence electrons. The third-order valence-corrected chi connectivity index (χ3v) is 5.46. The topological polar surface area (TPSA) is 75.6 Å². The summed E-state index contributed by atoms with van der Waals surface area (Å²) in [6.07, 6.45) is 1.31. The van der Waals surface area contributed by atoms with Crippen LogP contribution >= 0.6 is 0 Å². The van der Waals surface area contributed by atoms with Crippen LogP contribution in [-0.2, 0) is 29.0 Å². The van der Waals surface area contributed by atoms with Crippen molar-refractivity contribution in [3.63, 3.8) is 0 Å². The first-order valence-corrected chi connectivity index (χ1v) is 10.5. The molecule has 0 bridgehead atoms. The summed E-state index contributed by atoms with van der Waals surface area (Å²) in [5, 5.41) is 13.1. The highest BCUT2D eigenvalue weighted by Gasteiger charge is 2.46. The van der Waals surface area contributed by atoms with Gasteiger partial charge in [0.05, 0.1) is 0 Å². The van der Waals surface area contributed by atoms with Crippen LogP contribution in [0.25, 0.3) is 0 Å². The summed E-state index contributed by atoms with van der Waals surface area (Å²) in [5.74, 6) is -1.72. The Labute approximate surface area is 188 Å². The number of benzene rings is 3. The van der Waals surface area contributed by atoms with E-state index in [1.807, 2.05) is 91.0 Å². The van der Waals surface area contributed by atoms with Gasteiger partial charge in [-0.3, -0.25) is 0 Å². The van der Waals surface area contributed by atoms with Crippen LogP contribution in [0.15, 0.2) is 104 Å². The zero-order valence-electron chi connectivity index (χ0n) is 17.8. The quantitative estimate of drug-likeness (QED) is 0.444. The predicted octanol–water partition coefficient (Wildman–Crippen LogP) is 5.02. The van der Waals surface area contributed by atoms with Gasteiger partial charge in [-0.1, -0.05) is 97.1 Å². The number of carbonyl (C=O) groups excluding carboxylic acids is 1. The first-order chi connectivity index (χ1) is 15.5. The fourth-order valence-corrected chi connectivity index (χ4v) is 3.74. The van der Waals surface area contributed by atoms with Crippen molar-refractivity contribution in [3.05, 3.63) is 120 Å². The molecule has 2 N–H and O–H groups in total. The van der Waals surface area contributed by atoms with Gasteiger partial charge in [0.1, 0.15) is 6.61 Å². The Hall–Kier alpha value is -3.86. The number of aliphatic carboxylic acids is 1. The first kappa shape index (κ1) is 22.8. The molecule has 0 aliphatic heterocycles. The first-order valence-electron chi connectivity index (χ1n) is 10.5. The Balaban J connectivity index is 1.89. The van der Waals surface area contributed by atoms with Gasteiger partial charge in [-0.05, 0) is 23.1 Å². The largest absolute Gasteiger partial charge is 0.479 e. The molecule has 0 radical (unpaired) electrons. The third kappa shape index (κ3) is 5.85. The lowest BCUT2D eigenvalue weighted by Crippen LogP contribution is -2.61. The average molecular weight is 430 g/mol. The zero-order valence-corrected chi connectivity index (χ0v) is 17.8. The molecule has 1 amide bonds. The summed E-state index contributed by atoms with van der Waals surface area (Å²) in [7, 11) is 0. The lowest BCUT2D eigenvalue weighted by atomic mass is 9.75. The Morgan fingerprint density at radius 1 is 0.875 bits per heavy atom. The van der Waals surface area contributed by atoms with Crippen LogP contribution in [0.4, 0.5) is 4.79 Å². The number of hydrogen-bond acceptors (Lipinski definition) is 3. The number of hydrogen-bond donors (Lipinski definition) is 2. The maximum atomic E-state index is 12.8. The van der Waals surface area contributed by atoms with Crippen LogP contribution in [0.5, 0.6) is 0 Å². The minimum Gasteiger partial charge on any atom is -0.479 e. The number of amides is 1. The van der Waals surface area contributed by atoms with Gasteiger partial charge in [-0.15, -0.1) is 6.58 Å². The van der Waals surface area contributed by atoms with E-state index < -0.39 is 23.5 Å². The van der Waals surface area contributed by atoms with Crippen molar-refractivity contribution in [3.8, 4) is 0 Å². The van der Waals surface area contributed by atoms with Crippen molar-refractivity contribution in [1.29, 1.82) is 0 Å². The van der Waals surface area contributed by atoms with Crippen LogP contribution in [0.3, 0.4) is 0 Å². The normalized spacial score (nSPS) is 13.4. The summed E-state index contributed by atoms with van der Waals surface area (Å²) in [5.41, 5.74) is 0.928. The van der Waals surface area contributed by atoms with Crippen LogP contribution < -0.4 is 5.32 Å². The standard InChI is InChI=1S/C27H27NO4/c1-2-24(18-21-12-6-3-7-13-21)27(25(29)30,19-22-14-8-4-9-15-22)28-26(31)32-20-23-16-10-5-11-17-23/h2-17,24H,1,18-20H2,(H,28,31)(H,29,30)/t24?,27-/m0/s1. The summed E-state index contributed by atoms with van der Waals surface area (Å²) < 4.78 is 5.37. The molecular formula is C27H27NO4. The van der Waals surface area contributed by atoms with Crippen molar-refractivity contribution < 1.29 is 19.4 Å². The highest BCUT2D eigenvalue weighted by Crippen LogP contribution is 2.28. The second-order valence-electron chi connectivity index (χ2n) is 7.66. The Morgan fingerprint density at radius 3 is 1.88 bits per heavy atom. The fourth-order valence-electron chi connectivity index (χ4n) is 3.74. The van der Waals surface area contributed by atoms with Gasteiger partial charge in [-0.2, -0.15) is 0 Å². The number of carbonyl (C=O) groups is 2. The molecule has 0 saturated carbocycles. The lowest BCUT2D eigenvalue weighted by molar-refractivity contribution is -0.146. The van der Waals surface area contributed by atoms with Crippen molar-refractivity contribution in [2.24, 2.45) is 5.92 Å². The van der Waals surface area contributed by atoms with E-state index in [-0.39, 0.29) is 13.0 Å². The predicted molar refractivity (Wildman–Crippen MR) is 124 cm³/mol. The Kier molecular flexibility index (Phi) is 7.81. The van der Waals surface area contributed by atoms with Gasteiger partial charge in [0.15, 0.2) is 5.54 Å². The highest BCUT2D eigenvalue weighted by molar-refractivity contribution is 5.85. The van der Waals surface area contributed by atoms with Crippen molar-refractivity contribution in [1.82, 2.24) is 5.32 Å². The molecular weight excluding hydrogens is 402 g/mol. The Morgan fingerprint density at radius 2 is 1.38 bits per heavy atom. The second kappa shape index (κ2) is 11.0. The number of ether oxygens (including phenoxy) is 1. The van der Waals surface area contributed by atoms with E-state index in [4.69, 9.17) is 4.74 Å². The number of nitrogens with one attached hydrogen (secondary N) is 1. The molecule has 0 aromatic heterocycles. The van der Waals surface area contributed by atoms with Gasteiger partial charge < -0.3 is 15.2 Å². The van der Waals surface area contributed by atoms with Crippen LogP contribution in [0, 0.1) is 5.92 Å². The maximum absolute atomic E-state index is 12.8. The van der Waals surface area contributed by atoms with E-state index in [2.05, 4.69) is 11.9 Å². The van der Waals surface area contributed by atoms with E-state index in [1.54, 1.807) is 6.08 Å². The summed E-state index contributed by atoms with van der Waals surface area (Å²) in [4.78, 5) is 25.5. The van der Waals surface area contributed by atoms with Gasteiger partial charge >= 0.3 is 12.1 Å². The Bertz CT molecular complexity index is 1020. The van der Waals surface area contributed by atoms with E-state index >= 15 is 0 Å². The van der Waals surface area contributed by atoms with E-state index in [9.17, 15) is 14.7 Å². The zero-order chi connectivity index (χ0) is 22.8. The molecule has 3 aromatic rings. The van der Waals surface area contributed by atoms with E-state index in [0.717, 1.165) is 16.7 Å². The smallest absolute Gasteiger partial charge is 0.408 e. The SMILES string of the molecule is C=CC(Cc1ccccc1)[C@](Cc1ccccc1)(NC(=O)OCc1ccccc1)C(=O)O. The molecule has 5 heteroatoms. The lowest BCUT2D eigenvalue weighted by Gasteiger charge is -2.36. The third-order valence-electron chi connectivity index (χ3n) is 5.46. The molecule has 3 rings (SSSR count). The van der Waals surface area contributed by atoms with Crippen LogP contribution in [0.2, 0.25) is 0 Å². The van der Waals surface area contributed by atoms with Crippen molar-refractivity contribution in [2.45, 2.75) is 25.0 Å². The van der Waals surface area contributed by atoms with E-state index in [1.165, 1.54) is 0 Å². The molecule has 1 unspecified atom stereocenters. The molecule has 0 fully saturated rings. The molecule has 0 heterocycles. The monoisotopic (exact) mass is 429 g/mol. The van der Waals surface area contributed by atoms with Crippen molar-refractivity contribution in [2.75, 3.05) is 0 Å². The second-order valence-corrected chi connectivity index (χ2v) is 7.66. The van der Waals surface area contributed by atoms with Crippen LogP contribution in [-0.4, -0.2) is 22.7 Å². The minimum atomic E-state index is -1.63. The summed E-state index contributed by atoms with van der Waals surface area (Å²) in [6.45, 7) is 3.94. The van der Waals surface area contributed by atoms with Crippen LogP contribution in [0.1, 0.15) is 16.7 Å². The van der Waals surface area contributed by atoms with Gasteiger partial charge in [0.25, 0.3) is 0 Å². The average Bonchev–Trinajstić information content (AvgIpc) is 2.82. The number of rotatable bonds is 10. The van der Waals surface area contributed by atoms with E-state index in [0.29, 0.717) is 6.42 Å². The van der Waals surface area contributed by atoms with Gasteiger partial charge in [0.2, 0.25) is 0 Å². The summed E-state index contributed by atoms with van der Waals surface area (Å²) >= 11 is 0. The molecule has 0 spiro atoms. The molecule has 5 nitrogen and oxygen atoms in total. The van der Waals surface area contributed by atoms with Gasteiger partial charge in [0, 0.05) is 12.3 Å². The number of alkyl carbamates (subject to hydrolysis) is 1. The van der Waals surface area contributed by atoms with Crippen molar-refractivity contribution >= 4 is 12.1 Å². The van der Waals surface area contributed by atoms with Gasteiger partial charge in [-0.25, -0.2) is 9.59 Å². The maximum Gasteiger partial charge on any atom is 0.408 e. The molecule has 2 atom stereocenters. The summed E-state index contributed by atoms with van der Waals surface area (Å²) in [6, 6.07) is 28.0. The molecule has 0 aliphatic rings. The molecule has 32 heavy (non-hydrogen) atoms. The number of carboxylic acid groups (broad SMARTS) is 1. The molecule has 0 saturated heterocycles. The number of carboxylic acids is 1. The molecule has 3 aromatic carbocycles.